The van der Waals surface area contributed by atoms with Gasteiger partial charge in [-0.25, -0.2) is 15.0 Å². The van der Waals surface area contributed by atoms with Crippen molar-refractivity contribution >= 4 is 65.7 Å². The van der Waals surface area contributed by atoms with E-state index in [1.54, 1.807) is 0 Å². The number of nitrogens with zero attached hydrogens (tertiary/aromatic N) is 4. The molecule has 4 aromatic heterocycles. The Morgan fingerprint density at radius 2 is 0.841 bits per heavy atom. The largest absolute Gasteiger partial charge is 0.455 e. The number of para-hydroxylation sites is 3. The Labute approximate surface area is 396 Å². The molecule has 0 fully saturated rings. The maximum absolute atomic E-state index is 6.88. The molecule has 10 aromatic carbocycles. The van der Waals surface area contributed by atoms with E-state index >= 15 is 0 Å². The van der Waals surface area contributed by atoms with Crippen LogP contribution in [0.15, 0.2) is 239 Å². The molecule has 0 aliphatic heterocycles. The lowest BCUT2D eigenvalue weighted by atomic mass is 9.93. The summed E-state index contributed by atoms with van der Waals surface area (Å²) in [6.07, 6.45) is 0. The minimum atomic E-state index is 0.601. The maximum atomic E-state index is 6.88. The zero-order valence-corrected chi connectivity index (χ0v) is 37.0. The van der Waals surface area contributed by atoms with Crippen molar-refractivity contribution in [3.63, 3.8) is 0 Å². The van der Waals surface area contributed by atoms with Crippen LogP contribution < -0.4 is 0 Å². The number of furan rings is 2. The molecule has 0 aliphatic carbocycles. The molecular weight excluding hydrogens is 845 g/mol. The van der Waals surface area contributed by atoms with Crippen molar-refractivity contribution in [3.05, 3.63) is 231 Å². The number of fused-ring (bicyclic) bond motifs is 9. The van der Waals surface area contributed by atoms with Crippen LogP contribution in [0.3, 0.4) is 0 Å². The van der Waals surface area contributed by atoms with Gasteiger partial charge in [0.15, 0.2) is 17.5 Å². The van der Waals surface area contributed by atoms with Crippen LogP contribution in [-0.4, -0.2) is 19.5 Å². The third-order valence-corrected chi connectivity index (χ3v) is 13.5. The first-order valence-corrected chi connectivity index (χ1v) is 23.2. The van der Waals surface area contributed by atoms with Crippen LogP contribution in [0.4, 0.5) is 0 Å². The Morgan fingerprint density at radius 1 is 0.290 bits per heavy atom. The molecule has 0 atom stereocenters. The summed E-state index contributed by atoms with van der Waals surface area (Å²) in [4.78, 5) is 15.0. The van der Waals surface area contributed by atoms with Crippen molar-refractivity contribution in [3.8, 4) is 73.2 Å². The Kier molecular flexibility index (Phi) is 8.79. The Morgan fingerprint density at radius 3 is 1.61 bits per heavy atom. The molecule has 6 nitrogen and oxygen atoms in total. The standard InChI is InChI=1S/C63H38N4O2/c1-4-16-39(17-5-1)42-30-34-55-52(37-42)47-24-10-12-28-54(47)67(55)45-31-35-57-53(38-45)49-27-15-26-48(59(49)68-57)50-33-32-46(58-51-25-11-13-29-56(51)69-60(50)58)43-22-14-23-44(36-43)63-65-61(40-18-6-2-7-19-40)64-62(66-63)41-20-8-3-9-21-41/h1-38H. The van der Waals surface area contributed by atoms with Crippen LogP contribution in [0.5, 0.6) is 0 Å². The van der Waals surface area contributed by atoms with E-state index in [4.69, 9.17) is 23.8 Å². The Balaban J connectivity index is 0.905. The fourth-order valence-corrected chi connectivity index (χ4v) is 10.2. The topological polar surface area (TPSA) is 69.9 Å². The van der Waals surface area contributed by atoms with Crippen LogP contribution in [0.2, 0.25) is 0 Å². The maximum Gasteiger partial charge on any atom is 0.164 e. The molecule has 0 saturated heterocycles. The van der Waals surface area contributed by atoms with Gasteiger partial charge >= 0.3 is 0 Å². The molecule has 14 rings (SSSR count). The number of hydrogen-bond donors (Lipinski definition) is 0. The fraction of sp³-hybridized carbons (Fsp3) is 0. The molecule has 322 valence electrons. The van der Waals surface area contributed by atoms with Gasteiger partial charge in [-0.15, -0.1) is 0 Å². The summed E-state index contributed by atoms with van der Waals surface area (Å²) >= 11 is 0. The SMILES string of the molecule is c1ccc(-c2ccc3c(c2)c2ccccc2n3-c2ccc3oc4c(-c5ccc(-c6cccc(-c7nc(-c8ccccc8)nc(-c8ccccc8)n7)c6)c6c5oc5ccccc56)cccc4c3c2)cc1. The third-order valence-electron chi connectivity index (χ3n) is 13.5. The van der Waals surface area contributed by atoms with E-state index in [2.05, 4.69) is 162 Å². The molecule has 0 saturated carbocycles. The second-order valence-corrected chi connectivity index (χ2v) is 17.5. The zero-order valence-electron chi connectivity index (χ0n) is 37.0. The predicted molar refractivity (Wildman–Crippen MR) is 281 cm³/mol. The molecule has 4 heterocycles. The number of aromatic nitrogens is 4. The quantitative estimate of drug-likeness (QED) is 0.159. The lowest BCUT2D eigenvalue weighted by Gasteiger charge is -2.11. The van der Waals surface area contributed by atoms with E-state index in [0.717, 1.165) is 99.5 Å². The van der Waals surface area contributed by atoms with Gasteiger partial charge in [-0.3, -0.25) is 0 Å². The zero-order chi connectivity index (χ0) is 45.4. The molecule has 0 amide bonds. The van der Waals surface area contributed by atoms with Gasteiger partial charge < -0.3 is 13.4 Å². The van der Waals surface area contributed by atoms with Gasteiger partial charge in [0, 0.05) is 65.8 Å². The second kappa shape index (κ2) is 15.6. The van der Waals surface area contributed by atoms with E-state index in [0.29, 0.717) is 17.5 Å². The average molecular weight is 883 g/mol. The highest BCUT2D eigenvalue weighted by Crippen LogP contribution is 2.46. The van der Waals surface area contributed by atoms with Gasteiger partial charge in [-0.1, -0.05) is 176 Å². The van der Waals surface area contributed by atoms with Crippen LogP contribution in [0, 0.1) is 0 Å². The molecule has 0 N–H and O–H groups in total. The number of benzene rings is 10. The van der Waals surface area contributed by atoms with Gasteiger partial charge in [0.25, 0.3) is 0 Å². The highest BCUT2D eigenvalue weighted by molar-refractivity contribution is 6.19. The van der Waals surface area contributed by atoms with Crippen molar-refractivity contribution in [2.75, 3.05) is 0 Å². The molecule has 0 aliphatic rings. The van der Waals surface area contributed by atoms with Crippen molar-refractivity contribution < 1.29 is 8.83 Å². The minimum Gasteiger partial charge on any atom is -0.455 e. The molecule has 6 heteroatoms. The monoisotopic (exact) mass is 882 g/mol. The van der Waals surface area contributed by atoms with E-state index in [1.165, 1.54) is 21.9 Å². The van der Waals surface area contributed by atoms with E-state index in [9.17, 15) is 0 Å². The lowest BCUT2D eigenvalue weighted by molar-refractivity contribution is 0.665. The second-order valence-electron chi connectivity index (χ2n) is 17.5. The van der Waals surface area contributed by atoms with Crippen molar-refractivity contribution in [2.45, 2.75) is 0 Å². The average Bonchev–Trinajstić information content (AvgIpc) is 4.11. The number of hydrogen-bond acceptors (Lipinski definition) is 5. The molecular formula is C63H38N4O2. The Hall–Kier alpha value is -9.39. The van der Waals surface area contributed by atoms with Crippen molar-refractivity contribution in [2.24, 2.45) is 0 Å². The number of rotatable bonds is 7. The van der Waals surface area contributed by atoms with Crippen LogP contribution in [0.1, 0.15) is 0 Å². The van der Waals surface area contributed by atoms with E-state index in [-0.39, 0.29) is 0 Å². The summed E-state index contributed by atoms with van der Waals surface area (Å²) in [7, 11) is 0. The van der Waals surface area contributed by atoms with E-state index < -0.39 is 0 Å². The smallest absolute Gasteiger partial charge is 0.164 e. The highest BCUT2D eigenvalue weighted by atomic mass is 16.3. The lowest BCUT2D eigenvalue weighted by Crippen LogP contribution is -2.00. The summed E-state index contributed by atoms with van der Waals surface area (Å²) < 4.78 is 16.1. The van der Waals surface area contributed by atoms with Crippen molar-refractivity contribution in [1.82, 2.24) is 19.5 Å². The van der Waals surface area contributed by atoms with Crippen molar-refractivity contribution in [1.29, 1.82) is 0 Å². The first kappa shape index (κ1) is 38.8. The van der Waals surface area contributed by atoms with Gasteiger partial charge in [0.05, 0.1) is 11.0 Å². The summed E-state index contributed by atoms with van der Waals surface area (Å²) in [5.74, 6) is 1.85. The van der Waals surface area contributed by atoms with Crippen LogP contribution in [-0.2, 0) is 0 Å². The van der Waals surface area contributed by atoms with Gasteiger partial charge in [0.2, 0.25) is 0 Å². The molecule has 69 heavy (non-hydrogen) atoms. The highest BCUT2D eigenvalue weighted by Gasteiger charge is 2.22. The first-order valence-electron chi connectivity index (χ1n) is 23.2. The minimum absolute atomic E-state index is 0.601. The van der Waals surface area contributed by atoms with Gasteiger partial charge in [-0.2, -0.15) is 0 Å². The van der Waals surface area contributed by atoms with Gasteiger partial charge in [0.1, 0.15) is 22.3 Å². The molecule has 0 spiro atoms. The molecule has 0 unspecified atom stereocenters. The molecule has 0 bridgehead atoms. The fourth-order valence-electron chi connectivity index (χ4n) is 10.2. The van der Waals surface area contributed by atoms with Gasteiger partial charge in [-0.05, 0) is 76.9 Å². The molecule has 14 aromatic rings. The Bertz CT molecular complexity index is 4250. The normalized spacial score (nSPS) is 11.8. The third kappa shape index (κ3) is 6.38. The summed E-state index contributed by atoms with van der Waals surface area (Å²) in [6.45, 7) is 0. The summed E-state index contributed by atoms with van der Waals surface area (Å²) in [5, 5.41) is 6.60. The van der Waals surface area contributed by atoms with Crippen LogP contribution >= 0.6 is 0 Å². The first-order chi connectivity index (χ1) is 34.2. The summed E-state index contributed by atoms with van der Waals surface area (Å²) in [5.41, 5.74) is 15.8. The van der Waals surface area contributed by atoms with Crippen LogP contribution in [0.25, 0.3) is 139 Å². The molecule has 0 radical (unpaired) electrons. The van der Waals surface area contributed by atoms with E-state index in [1.807, 2.05) is 72.8 Å². The predicted octanol–water partition coefficient (Wildman–Crippen LogP) is 16.8. The summed E-state index contributed by atoms with van der Waals surface area (Å²) in [6, 6.07) is 80.3.